The summed E-state index contributed by atoms with van der Waals surface area (Å²) in [6, 6.07) is 1.89. The molecule has 2 saturated heterocycles. The van der Waals surface area contributed by atoms with Crippen molar-refractivity contribution in [1.82, 2.24) is 24.9 Å². The van der Waals surface area contributed by atoms with Crippen LogP contribution in [0.2, 0.25) is 0 Å². The Labute approximate surface area is 109 Å². The highest BCUT2D eigenvalue weighted by Crippen LogP contribution is 2.29. The molecule has 2 fully saturated rings. The zero-order valence-electron chi connectivity index (χ0n) is 10.8. The Hall–Kier alpha value is -1.89. The predicted octanol–water partition coefficient (Wildman–Crippen LogP) is -0.618. The zero-order chi connectivity index (χ0) is 13.0. The maximum absolute atomic E-state index is 11.6. The van der Waals surface area contributed by atoms with E-state index in [2.05, 4.69) is 25.4 Å². The van der Waals surface area contributed by atoms with Gasteiger partial charge in [-0.05, 0) is 18.8 Å². The summed E-state index contributed by atoms with van der Waals surface area (Å²) in [5.41, 5.74) is 0.414. The van der Waals surface area contributed by atoms with Crippen LogP contribution in [0.25, 0.3) is 5.65 Å². The van der Waals surface area contributed by atoms with Crippen LogP contribution >= 0.6 is 0 Å². The average Bonchev–Trinajstić information content (AvgIpc) is 3.02. The Bertz CT molecular complexity index is 677. The molecule has 0 aromatic carbocycles. The number of hydrogen-bond acceptors (Lipinski definition) is 5. The molecule has 2 unspecified atom stereocenters. The Morgan fingerprint density at radius 2 is 2.05 bits per heavy atom. The van der Waals surface area contributed by atoms with E-state index < -0.39 is 0 Å². The summed E-state index contributed by atoms with van der Waals surface area (Å²) in [7, 11) is 0. The molecule has 7 nitrogen and oxygen atoms in total. The minimum absolute atomic E-state index is 0.228. The van der Waals surface area contributed by atoms with Gasteiger partial charge >= 0.3 is 5.69 Å². The summed E-state index contributed by atoms with van der Waals surface area (Å²) >= 11 is 0. The Morgan fingerprint density at radius 3 is 2.79 bits per heavy atom. The number of fused-ring (bicyclic) bond motifs is 2. The van der Waals surface area contributed by atoms with Gasteiger partial charge in [0.2, 0.25) is 0 Å². The topological polar surface area (TPSA) is 78.3 Å². The molecule has 0 aliphatic carbocycles. The number of hydrogen-bond donors (Lipinski definition) is 2. The van der Waals surface area contributed by atoms with Gasteiger partial charge in [0.1, 0.15) is 11.6 Å². The number of rotatable bonds is 1. The lowest BCUT2D eigenvalue weighted by molar-refractivity contribution is 0.533. The molecule has 2 atom stereocenters. The highest BCUT2D eigenvalue weighted by Gasteiger charge is 2.36. The van der Waals surface area contributed by atoms with Crippen LogP contribution in [0.1, 0.15) is 5.82 Å². The summed E-state index contributed by atoms with van der Waals surface area (Å²) in [4.78, 5) is 18.4. The standard InChI is InChI=1S/C12H16N6O/c1-7-14-10(2-11-15-16-12(19)18(7)11)17-5-8-3-13-4-9(8)6-17/h2,8-9,13H,3-6H2,1H3,(H,16,19). The molecule has 2 aromatic heterocycles. The average molecular weight is 260 g/mol. The van der Waals surface area contributed by atoms with Crippen LogP contribution in [0.3, 0.4) is 0 Å². The molecule has 2 aliphatic heterocycles. The van der Waals surface area contributed by atoms with Gasteiger partial charge in [0, 0.05) is 32.2 Å². The van der Waals surface area contributed by atoms with Gasteiger partial charge in [-0.15, -0.1) is 0 Å². The molecule has 100 valence electrons. The first kappa shape index (κ1) is 11.0. The van der Waals surface area contributed by atoms with Crippen molar-refractivity contribution in [3.63, 3.8) is 0 Å². The second kappa shape index (κ2) is 3.80. The zero-order valence-corrected chi connectivity index (χ0v) is 10.8. The van der Waals surface area contributed by atoms with E-state index >= 15 is 0 Å². The van der Waals surface area contributed by atoms with Gasteiger partial charge < -0.3 is 10.2 Å². The van der Waals surface area contributed by atoms with Crippen LogP contribution in [-0.2, 0) is 0 Å². The predicted molar refractivity (Wildman–Crippen MR) is 70.4 cm³/mol. The number of aryl methyl sites for hydroxylation is 1. The normalized spacial score (nSPS) is 26.3. The van der Waals surface area contributed by atoms with Crippen LogP contribution in [0.4, 0.5) is 5.82 Å². The van der Waals surface area contributed by atoms with Crippen LogP contribution in [-0.4, -0.2) is 45.8 Å². The Balaban J connectivity index is 1.74. The maximum Gasteiger partial charge on any atom is 0.349 e. The first-order valence-electron chi connectivity index (χ1n) is 6.63. The van der Waals surface area contributed by atoms with Crippen molar-refractivity contribution in [2.75, 3.05) is 31.1 Å². The van der Waals surface area contributed by atoms with E-state index in [1.165, 1.54) is 4.40 Å². The van der Waals surface area contributed by atoms with E-state index in [-0.39, 0.29) is 5.69 Å². The lowest BCUT2D eigenvalue weighted by Crippen LogP contribution is -2.27. The molecule has 2 aliphatic rings. The second-order valence-electron chi connectivity index (χ2n) is 5.47. The smallest absolute Gasteiger partial charge is 0.349 e. The number of aromatic nitrogens is 4. The molecule has 4 rings (SSSR count). The molecule has 0 radical (unpaired) electrons. The molecule has 19 heavy (non-hydrogen) atoms. The molecule has 0 spiro atoms. The Kier molecular flexibility index (Phi) is 2.20. The third-order valence-electron chi connectivity index (χ3n) is 4.27. The number of aromatic amines is 1. The minimum Gasteiger partial charge on any atom is -0.356 e. The van der Waals surface area contributed by atoms with E-state index in [1.54, 1.807) is 0 Å². The van der Waals surface area contributed by atoms with Crippen molar-refractivity contribution < 1.29 is 0 Å². The SMILES string of the molecule is Cc1nc(N2CC3CNCC3C2)cc2n[nH]c(=O)n12. The first-order valence-corrected chi connectivity index (χ1v) is 6.63. The lowest BCUT2D eigenvalue weighted by atomic mass is 10.0. The van der Waals surface area contributed by atoms with E-state index in [9.17, 15) is 4.79 Å². The van der Waals surface area contributed by atoms with Crippen LogP contribution in [0.15, 0.2) is 10.9 Å². The number of nitrogens with zero attached hydrogens (tertiary/aromatic N) is 4. The molecule has 0 bridgehead atoms. The minimum atomic E-state index is -0.228. The second-order valence-corrected chi connectivity index (χ2v) is 5.47. The third-order valence-corrected chi connectivity index (χ3v) is 4.27. The van der Waals surface area contributed by atoms with Crippen molar-refractivity contribution >= 4 is 11.5 Å². The van der Waals surface area contributed by atoms with E-state index in [0.29, 0.717) is 11.5 Å². The highest BCUT2D eigenvalue weighted by molar-refractivity contribution is 5.52. The maximum atomic E-state index is 11.6. The summed E-state index contributed by atoms with van der Waals surface area (Å²) < 4.78 is 1.50. The molecular weight excluding hydrogens is 244 g/mol. The highest BCUT2D eigenvalue weighted by atomic mass is 16.1. The first-order chi connectivity index (χ1) is 9.22. The van der Waals surface area contributed by atoms with Gasteiger partial charge in [0.25, 0.3) is 0 Å². The fourth-order valence-corrected chi connectivity index (χ4v) is 3.29. The number of nitrogens with one attached hydrogen (secondary N) is 2. The quantitative estimate of drug-likeness (QED) is 0.714. The van der Waals surface area contributed by atoms with E-state index in [1.807, 2.05) is 13.0 Å². The fraction of sp³-hybridized carbons (Fsp3) is 0.583. The molecule has 0 amide bonds. The molecule has 4 heterocycles. The van der Waals surface area contributed by atoms with E-state index in [0.717, 1.165) is 43.8 Å². The van der Waals surface area contributed by atoms with Crippen molar-refractivity contribution in [1.29, 1.82) is 0 Å². The summed E-state index contributed by atoms with van der Waals surface area (Å²) in [5, 5.41) is 9.92. The van der Waals surface area contributed by atoms with Gasteiger partial charge in [-0.3, -0.25) is 0 Å². The van der Waals surface area contributed by atoms with Crippen LogP contribution < -0.4 is 15.9 Å². The monoisotopic (exact) mass is 260 g/mol. The van der Waals surface area contributed by atoms with Crippen molar-refractivity contribution in [2.24, 2.45) is 11.8 Å². The van der Waals surface area contributed by atoms with Crippen molar-refractivity contribution in [3.05, 3.63) is 22.4 Å². The summed E-state index contributed by atoms with van der Waals surface area (Å²) in [6.45, 7) is 6.12. The van der Waals surface area contributed by atoms with Crippen molar-refractivity contribution in [2.45, 2.75) is 6.92 Å². The van der Waals surface area contributed by atoms with Gasteiger partial charge in [-0.2, -0.15) is 5.10 Å². The summed E-state index contributed by atoms with van der Waals surface area (Å²) in [6.07, 6.45) is 0. The van der Waals surface area contributed by atoms with Crippen molar-refractivity contribution in [3.8, 4) is 0 Å². The molecule has 0 saturated carbocycles. The summed E-state index contributed by atoms with van der Waals surface area (Å²) in [5.74, 6) is 3.05. The van der Waals surface area contributed by atoms with Gasteiger partial charge in [0.15, 0.2) is 5.65 Å². The number of anilines is 1. The van der Waals surface area contributed by atoms with Gasteiger partial charge in [-0.25, -0.2) is 19.3 Å². The van der Waals surface area contributed by atoms with E-state index in [4.69, 9.17) is 0 Å². The van der Waals surface area contributed by atoms with Gasteiger partial charge in [0.05, 0.1) is 0 Å². The third kappa shape index (κ3) is 1.58. The molecule has 2 aromatic rings. The van der Waals surface area contributed by atoms with Crippen LogP contribution in [0, 0.1) is 18.8 Å². The number of H-pyrrole nitrogens is 1. The molecule has 2 N–H and O–H groups in total. The largest absolute Gasteiger partial charge is 0.356 e. The fourth-order valence-electron chi connectivity index (χ4n) is 3.29. The Morgan fingerprint density at radius 1 is 1.32 bits per heavy atom. The molecule has 7 heteroatoms. The van der Waals surface area contributed by atoms with Crippen LogP contribution in [0.5, 0.6) is 0 Å². The molecular formula is C12H16N6O. The lowest BCUT2D eigenvalue weighted by Gasteiger charge is -2.19. The van der Waals surface area contributed by atoms with Gasteiger partial charge in [-0.1, -0.05) is 0 Å².